The largest absolute Gasteiger partial charge is 0.478 e. The minimum atomic E-state index is -0.957. The Hall–Kier alpha value is -2.63. The number of benzene rings is 1. The molecule has 0 fully saturated rings. The number of aryl methyl sites for hydroxylation is 1. The van der Waals surface area contributed by atoms with Crippen LogP contribution in [0, 0.1) is 6.92 Å². The molecule has 6 nitrogen and oxygen atoms in total. The predicted octanol–water partition coefficient (Wildman–Crippen LogP) is 2.11. The number of aromatic nitrogens is 2. The lowest BCUT2D eigenvalue weighted by molar-refractivity contribution is 0.0525. The first kappa shape index (κ1) is 14.8. The van der Waals surface area contributed by atoms with Crippen LogP contribution in [0.2, 0.25) is 0 Å². The highest BCUT2D eigenvalue weighted by atomic mass is 16.5. The van der Waals surface area contributed by atoms with Crippen molar-refractivity contribution >= 4 is 11.9 Å². The smallest absolute Gasteiger partial charge is 0.341 e. The standard InChI is InChI=1S/C15H16N2O4/c1-3-21-15(20)13-9-17(16-10(13)2)8-11-4-6-12(7-5-11)14(18)19/h4-7,9H,3,8H2,1-2H3,(H,18,19). The van der Waals surface area contributed by atoms with Crippen LogP contribution in [0.25, 0.3) is 0 Å². The van der Waals surface area contributed by atoms with Crippen LogP contribution in [-0.4, -0.2) is 33.4 Å². The number of hydrogen-bond acceptors (Lipinski definition) is 4. The number of rotatable bonds is 5. The van der Waals surface area contributed by atoms with Gasteiger partial charge in [-0.25, -0.2) is 9.59 Å². The second-order valence-corrected chi connectivity index (χ2v) is 4.55. The van der Waals surface area contributed by atoms with Crippen LogP contribution in [0.15, 0.2) is 30.5 Å². The van der Waals surface area contributed by atoms with Gasteiger partial charge in [-0.05, 0) is 31.5 Å². The summed E-state index contributed by atoms with van der Waals surface area (Å²) in [4.78, 5) is 22.5. The third kappa shape index (κ3) is 3.47. The van der Waals surface area contributed by atoms with Gasteiger partial charge < -0.3 is 9.84 Å². The Kier molecular flexibility index (Phi) is 4.37. The molecule has 0 aliphatic carbocycles. The van der Waals surface area contributed by atoms with Crippen molar-refractivity contribution in [1.82, 2.24) is 9.78 Å². The van der Waals surface area contributed by atoms with Crippen molar-refractivity contribution in [2.75, 3.05) is 6.61 Å². The van der Waals surface area contributed by atoms with Gasteiger partial charge in [-0.3, -0.25) is 4.68 Å². The summed E-state index contributed by atoms with van der Waals surface area (Å²) in [5, 5.41) is 13.1. The van der Waals surface area contributed by atoms with E-state index in [-0.39, 0.29) is 11.5 Å². The fourth-order valence-corrected chi connectivity index (χ4v) is 1.95. The zero-order chi connectivity index (χ0) is 15.4. The van der Waals surface area contributed by atoms with E-state index in [1.807, 2.05) is 0 Å². The maximum absolute atomic E-state index is 11.7. The van der Waals surface area contributed by atoms with E-state index in [0.29, 0.717) is 24.4 Å². The summed E-state index contributed by atoms with van der Waals surface area (Å²) in [6.45, 7) is 4.28. The highest BCUT2D eigenvalue weighted by molar-refractivity contribution is 5.90. The zero-order valence-electron chi connectivity index (χ0n) is 11.9. The highest BCUT2D eigenvalue weighted by Crippen LogP contribution is 2.11. The van der Waals surface area contributed by atoms with Crippen LogP contribution in [0.3, 0.4) is 0 Å². The second-order valence-electron chi connectivity index (χ2n) is 4.55. The third-order valence-corrected chi connectivity index (χ3v) is 2.99. The number of nitrogens with zero attached hydrogens (tertiary/aromatic N) is 2. The van der Waals surface area contributed by atoms with Gasteiger partial charge in [0.15, 0.2) is 0 Å². The molecule has 110 valence electrons. The molecule has 0 atom stereocenters. The minimum absolute atomic E-state index is 0.239. The summed E-state index contributed by atoms with van der Waals surface area (Å²) >= 11 is 0. The molecule has 0 unspecified atom stereocenters. The van der Waals surface area contributed by atoms with E-state index < -0.39 is 5.97 Å². The van der Waals surface area contributed by atoms with E-state index in [1.165, 1.54) is 0 Å². The Bertz CT molecular complexity index is 659. The molecule has 0 amide bonds. The predicted molar refractivity (Wildman–Crippen MR) is 75.4 cm³/mol. The van der Waals surface area contributed by atoms with Gasteiger partial charge in [0.1, 0.15) is 5.56 Å². The number of carbonyl (C=O) groups excluding carboxylic acids is 1. The van der Waals surface area contributed by atoms with Gasteiger partial charge in [0.25, 0.3) is 0 Å². The molecule has 1 N–H and O–H groups in total. The van der Waals surface area contributed by atoms with Gasteiger partial charge in [-0.15, -0.1) is 0 Å². The van der Waals surface area contributed by atoms with Crippen LogP contribution in [0.4, 0.5) is 0 Å². The van der Waals surface area contributed by atoms with Gasteiger partial charge in [0.05, 0.1) is 24.4 Å². The average molecular weight is 288 g/mol. The van der Waals surface area contributed by atoms with E-state index >= 15 is 0 Å². The lowest BCUT2D eigenvalue weighted by Crippen LogP contribution is -2.05. The normalized spacial score (nSPS) is 10.4. The van der Waals surface area contributed by atoms with Crippen LogP contribution in [0.5, 0.6) is 0 Å². The molecule has 6 heteroatoms. The van der Waals surface area contributed by atoms with Gasteiger partial charge >= 0.3 is 11.9 Å². The molecule has 0 radical (unpaired) electrons. The number of carboxylic acids is 1. The number of carboxylic acid groups (broad SMARTS) is 1. The van der Waals surface area contributed by atoms with Crippen molar-refractivity contribution < 1.29 is 19.4 Å². The summed E-state index contributed by atoms with van der Waals surface area (Å²) < 4.78 is 6.59. The summed E-state index contributed by atoms with van der Waals surface area (Å²) in [5.41, 5.74) is 2.19. The molecule has 2 aromatic rings. The van der Waals surface area contributed by atoms with Crippen molar-refractivity contribution in [3.63, 3.8) is 0 Å². The second kappa shape index (κ2) is 6.21. The van der Waals surface area contributed by atoms with Crippen molar-refractivity contribution in [2.24, 2.45) is 0 Å². The van der Waals surface area contributed by atoms with E-state index in [2.05, 4.69) is 5.10 Å². The van der Waals surface area contributed by atoms with Crippen molar-refractivity contribution in [3.8, 4) is 0 Å². The number of hydrogen-bond donors (Lipinski definition) is 1. The first-order valence-corrected chi connectivity index (χ1v) is 6.54. The van der Waals surface area contributed by atoms with Crippen molar-refractivity contribution in [3.05, 3.63) is 52.8 Å². The fraction of sp³-hybridized carbons (Fsp3) is 0.267. The number of esters is 1. The van der Waals surface area contributed by atoms with Crippen molar-refractivity contribution in [2.45, 2.75) is 20.4 Å². The Morgan fingerprint density at radius 3 is 2.52 bits per heavy atom. The first-order chi connectivity index (χ1) is 10.0. The monoisotopic (exact) mass is 288 g/mol. The molecule has 0 saturated carbocycles. The summed E-state index contributed by atoms with van der Waals surface area (Å²) in [5.74, 6) is -1.34. The first-order valence-electron chi connectivity index (χ1n) is 6.54. The molecule has 1 aromatic carbocycles. The van der Waals surface area contributed by atoms with E-state index in [0.717, 1.165) is 5.56 Å². The highest BCUT2D eigenvalue weighted by Gasteiger charge is 2.14. The molecule has 1 heterocycles. The lowest BCUT2D eigenvalue weighted by atomic mass is 10.1. The van der Waals surface area contributed by atoms with Gasteiger partial charge in [-0.1, -0.05) is 12.1 Å². The molecule has 21 heavy (non-hydrogen) atoms. The summed E-state index contributed by atoms with van der Waals surface area (Å²) in [6.07, 6.45) is 1.64. The van der Waals surface area contributed by atoms with Crippen LogP contribution < -0.4 is 0 Å². The van der Waals surface area contributed by atoms with E-state index in [9.17, 15) is 9.59 Å². The zero-order valence-corrected chi connectivity index (χ0v) is 11.9. The molecule has 0 bridgehead atoms. The Morgan fingerprint density at radius 1 is 1.29 bits per heavy atom. The molecular formula is C15H16N2O4. The van der Waals surface area contributed by atoms with Crippen LogP contribution >= 0.6 is 0 Å². The fourth-order valence-electron chi connectivity index (χ4n) is 1.95. The van der Waals surface area contributed by atoms with Crippen molar-refractivity contribution in [1.29, 1.82) is 0 Å². The van der Waals surface area contributed by atoms with Crippen LogP contribution in [-0.2, 0) is 11.3 Å². The molecule has 0 aliphatic rings. The van der Waals surface area contributed by atoms with E-state index in [4.69, 9.17) is 9.84 Å². The maximum Gasteiger partial charge on any atom is 0.341 e. The number of aromatic carboxylic acids is 1. The SMILES string of the molecule is CCOC(=O)c1cn(Cc2ccc(C(=O)O)cc2)nc1C. The Morgan fingerprint density at radius 2 is 1.95 bits per heavy atom. The molecule has 2 rings (SSSR count). The molecular weight excluding hydrogens is 272 g/mol. The maximum atomic E-state index is 11.7. The molecule has 0 saturated heterocycles. The van der Waals surface area contributed by atoms with E-state index in [1.54, 1.807) is 49.0 Å². The third-order valence-electron chi connectivity index (χ3n) is 2.99. The number of ether oxygens (including phenoxy) is 1. The molecule has 0 spiro atoms. The quantitative estimate of drug-likeness (QED) is 0.852. The lowest BCUT2D eigenvalue weighted by Gasteiger charge is -2.02. The molecule has 0 aliphatic heterocycles. The minimum Gasteiger partial charge on any atom is -0.478 e. The Balaban J connectivity index is 2.14. The average Bonchev–Trinajstić information content (AvgIpc) is 2.80. The van der Waals surface area contributed by atoms with Gasteiger partial charge in [0, 0.05) is 6.20 Å². The molecule has 1 aromatic heterocycles. The Labute approximate surface area is 122 Å². The summed E-state index contributed by atoms with van der Waals surface area (Å²) in [6, 6.07) is 6.54. The van der Waals surface area contributed by atoms with Crippen LogP contribution in [0.1, 0.15) is 38.9 Å². The number of carbonyl (C=O) groups is 2. The topological polar surface area (TPSA) is 81.4 Å². The van der Waals surface area contributed by atoms with Gasteiger partial charge in [0.2, 0.25) is 0 Å². The summed E-state index contributed by atoms with van der Waals surface area (Å²) in [7, 11) is 0. The van der Waals surface area contributed by atoms with Gasteiger partial charge in [-0.2, -0.15) is 5.10 Å².